The Kier molecular flexibility index (Phi) is 4.87. The lowest BCUT2D eigenvalue weighted by atomic mass is 9.73. The Morgan fingerprint density at radius 1 is 1.33 bits per heavy atom. The molecule has 0 radical (unpaired) electrons. The molecule has 0 amide bonds. The van der Waals surface area contributed by atoms with Gasteiger partial charge in [-0.05, 0) is 43.4 Å². The number of nitrogens with one attached hydrogen (secondary N) is 1. The topological polar surface area (TPSA) is 25.2 Å². The summed E-state index contributed by atoms with van der Waals surface area (Å²) in [5.74, 6) is 2.77. The summed E-state index contributed by atoms with van der Waals surface area (Å²) in [4.78, 5) is 0. The number of hydrogen-bond acceptors (Lipinski definition) is 2. The van der Waals surface area contributed by atoms with Gasteiger partial charge in [-0.1, -0.05) is 39.5 Å². The smallest absolute Gasteiger partial charge is 0.123 e. The molecule has 1 heterocycles. The van der Waals surface area contributed by atoms with Gasteiger partial charge in [0.2, 0.25) is 0 Å². The molecule has 1 saturated carbocycles. The van der Waals surface area contributed by atoms with Crippen LogP contribution in [-0.2, 0) is 0 Å². The Morgan fingerprint density at radius 2 is 2.11 bits per heavy atom. The quantitative estimate of drug-likeness (QED) is 0.833. The van der Waals surface area contributed by atoms with E-state index in [1.165, 1.54) is 43.4 Å². The molecule has 0 aromatic carbocycles. The average molecular weight is 249 g/mol. The summed E-state index contributed by atoms with van der Waals surface area (Å²) < 4.78 is 5.76. The molecule has 2 heteroatoms. The van der Waals surface area contributed by atoms with Crippen molar-refractivity contribution in [1.82, 2.24) is 5.32 Å². The van der Waals surface area contributed by atoms with Crippen molar-refractivity contribution in [3.05, 3.63) is 23.7 Å². The summed E-state index contributed by atoms with van der Waals surface area (Å²) in [5.41, 5.74) is 1.29. The maximum Gasteiger partial charge on any atom is 0.123 e. The second-order valence-corrected chi connectivity index (χ2v) is 5.62. The van der Waals surface area contributed by atoms with Crippen LogP contribution >= 0.6 is 0 Å². The molecule has 1 aliphatic carbocycles. The Bertz CT molecular complexity index is 358. The highest BCUT2D eigenvalue weighted by molar-refractivity contribution is 5.19. The fraction of sp³-hybridized carbons (Fsp3) is 0.750. The van der Waals surface area contributed by atoms with Crippen LogP contribution in [0.4, 0.5) is 0 Å². The molecule has 18 heavy (non-hydrogen) atoms. The van der Waals surface area contributed by atoms with E-state index in [-0.39, 0.29) is 0 Å². The molecule has 1 fully saturated rings. The van der Waals surface area contributed by atoms with Crippen LogP contribution in [-0.4, -0.2) is 6.54 Å². The molecule has 1 N–H and O–H groups in total. The number of hydrogen-bond donors (Lipinski definition) is 1. The van der Waals surface area contributed by atoms with E-state index >= 15 is 0 Å². The van der Waals surface area contributed by atoms with Gasteiger partial charge in [0.1, 0.15) is 5.76 Å². The molecule has 2 nitrogen and oxygen atoms in total. The molecular weight excluding hydrogens is 222 g/mol. The first-order valence-electron chi connectivity index (χ1n) is 7.55. The molecule has 1 aromatic heterocycles. The van der Waals surface area contributed by atoms with Gasteiger partial charge in [-0.3, -0.25) is 0 Å². The van der Waals surface area contributed by atoms with E-state index in [2.05, 4.69) is 32.2 Å². The van der Waals surface area contributed by atoms with E-state index < -0.39 is 0 Å². The zero-order valence-corrected chi connectivity index (χ0v) is 12.0. The van der Waals surface area contributed by atoms with E-state index in [1.807, 2.05) is 6.26 Å². The maximum atomic E-state index is 5.76. The predicted octanol–water partition coefficient (Wildman–Crippen LogP) is 4.46. The lowest BCUT2D eigenvalue weighted by Gasteiger charge is -2.36. The molecule has 3 unspecified atom stereocenters. The van der Waals surface area contributed by atoms with Gasteiger partial charge in [-0.2, -0.15) is 0 Å². The van der Waals surface area contributed by atoms with Crippen LogP contribution in [0.5, 0.6) is 0 Å². The minimum absolute atomic E-state index is 0.412. The Morgan fingerprint density at radius 3 is 2.72 bits per heavy atom. The Hall–Kier alpha value is -0.760. The van der Waals surface area contributed by atoms with Crippen molar-refractivity contribution in [2.45, 2.75) is 58.9 Å². The molecule has 0 spiro atoms. The van der Waals surface area contributed by atoms with Crippen LogP contribution in [0.15, 0.2) is 16.7 Å². The van der Waals surface area contributed by atoms with Crippen LogP contribution in [0.25, 0.3) is 0 Å². The zero-order chi connectivity index (χ0) is 13.0. The fourth-order valence-corrected chi connectivity index (χ4v) is 3.54. The average Bonchev–Trinajstić information content (AvgIpc) is 2.82. The summed E-state index contributed by atoms with van der Waals surface area (Å²) in [5, 5.41) is 3.67. The Labute approximate surface area is 111 Å². The van der Waals surface area contributed by atoms with Gasteiger partial charge in [0, 0.05) is 0 Å². The van der Waals surface area contributed by atoms with Gasteiger partial charge in [0.05, 0.1) is 12.3 Å². The highest BCUT2D eigenvalue weighted by atomic mass is 16.3. The second kappa shape index (κ2) is 6.42. The van der Waals surface area contributed by atoms with E-state index in [1.54, 1.807) is 0 Å². The van der Waals surface area contributed by atoms with Gasteiger partial charge < -0.3 is 9.73 Å². The summed E-state index contributed by atoms with van der Waals surface area (Å²) in [6.45, 7) is 7.70. The monoisotopic (exact) mass is 249 g/mol. The molecule has 2 rings (SSSR count). The van der Waals surface area contributed by atoms with Crippen molar-refractivity contribution in [2.75, 3.05) is 6.54 Å². The minimum Gasteiger partial charge on any atom is -0.467 e. The number of aryl methyl sites for hydroxylation is 1. The fourth-order valence-electron chi connectivity index (χ4n) is 3.54. The van der Waals surface area contributed by atoms with Crippen molar-refractivity contribution >= 4 is 0 Å². The number of furan rings is 1. The van der Waals surface area contributed by atoms with Crippen LogP contribution in [0.1, 0.15) is 63.3 Å². The van der Waals surface area contributed by atoms with Gasteiger partial charge in [0.25, 0.3) is 0 Å². The molecule has 102 valence electrons. The first-order chi connectivity index (χ1) is 8.77. The molecule has 1 aliphatic rings. The SMILES string of the molecule is CCNC(c1occc1C)C1CCCCC1CC. The van der Waals surface area contributed by atoms with Crippen LogP contribution in [0.2, 0.25) is 0 Å². The Balaban J connectivity index is 2.20. The summed E-state index contributed by atoms with van der Waals surface area (Å²) >= 11 is 0. The largest absolute Gasteiger partial charge is 0.467 e. The van der Waals surface area contributed by atoms with E-state index in [4.69, 9.17) is 4.42 Å². The van der Waals surface area contributed by atoms with E-state index in [9.17, 15) is 0 Å². The molecule has 1 aromatic rings. The van der Waals surface area contributed by atoms with Crippen molar-refractivity contribution in [2.24, 2.45) is 11.8 Å². The normalized spacial score (nSPS) is 26.2. The van der Waals surface area contributed by atoms with Crippen molar-refractivity contribution in [3.63, 3.8) is 0 Å². The molecular formula is C16H27NO. The number of rotatable bonds is 5. The lowest BCUT2D eigenvalue weighted by molar-refractivity contribution is 0.162. The van der Waals surface area contributed by atoms with Crippen LogP contribution < -0.4 is 5.32 Å². The van der Waals surface area contributed by atoms with Gasteiger partial charge in [-0.25, -0.2) is 0 Å². The molecule has 0 saturated heterocycles. The van der Waals surface area contributed by atoms with Crippen LogP contribution in [0, 0.1) is 18.8 Å². The first-order valence-corrected chi connectivity index (χ1v) is 7.55. The van der Waals surface area contributed by atoms with Crippen molar-refractivity contribution < 1.29 is 4.42 Å². The molecule has 3 atom stereocenters. The van der Waals surface area contributed by atoms with Gasteiger partial charge in [-0.15, -0.1) is 0 Å². The summed E-state index contributed by atoms with van der Waals surface area (Å²) in [6.07, 6.45) is 8.65. The zero-order valence-electron chi connectivity index (χ0n) is 12.0. The highest BCUT2D eigenvalue weighted by Gasteiger charge is 2.33. The van der Waals surface area contributed by atoms with Gasteiger partial charge >= 0.3 is 0 Å². The van der Waals surface area contributed by atoms with E-state index in [0.29, 0.717) is 6.04 Å². The second-order valence-electron chi connectivity index (χ2n) is 5.62. The van der Waals surface area contributed by atoms with Crippen LogP contribution in [0.3, 0.4) is 0 Å². The third-order valence-corrected chi connectivity index (χ3v) is 4.53. The lowest BCUT2D eigenvalue weighted by Crippen LogP contribution is -2.34. The third-order valence-electron chi connectivity index (χ3n) is 4.53. The highest BCUT2D eigenvalue weighted by Crippen LogP contribution is 2.41. The van der Waals surface area contributed by atoms with Gasteiger partial charge in [0.15, 0.2) is 0 Å². The van der Waals surface area contributed by atoms with E-state index in [0.717, 1.165) is 18.4 Å². The maximum absolute atomic E-state index is 5.76. The van der Waals surface area contributed by atoms with Crippen molar-refractivity contribution in [1.29, 1.82) is 0 Å². The summed E-state index contributed by atoms with van der Waals surface area (Å²) in [6, 6.07) is 2.50. The van der Waals surface area contributed by atoms with Crippen molar-refractivity contribution in [3.8, 4) is 0 Å². The predicted molar refractivity (Wildman–Crippen MR) is 75.6 cm³/mol. The molecule has 0 bridgehead atoms. The summed E-state index contributed by atoms with van der Waals surface area (Å²) in [7, 11) is 0. The standard InChI is InChI=1S/C16H27NO/c1-4-13-8-6-7-9-14(13)15(17-5-2)16-12(3)10-11-18-16/h10-11,13-15,17H,4-9H2,1-3H3. The minimum atomic E-state index is 0.412. The first kappa shape index (κ1) is 13.7. The molecule has 0 aliphatic heterocycles. The third kappa shape index (κ3) is 2.80.